The quantitative estimate of drug-likeness (QED) is 0.732. The van der Waals surface area contributed by atoms with Crippen molar-refractivity contribution in [3.8, 4) is 0 Å². The average Bonchev–Trinajstić information content (AvgIpc) is 2.48. The van der Waals surface area contributed by atoms with E-state index in [0.29, 0.717) is 19.4 Å². The summed E-state index contributed by atoms with van der Waals surface area (Å²) >= 11 is 0. The molecule has 1 aromatic carbocycles. The molecule has 7 nitrogen and oxygen atoms in total. The summed E-state index contributed by atoms with van der Waals surface area (Å²) in [4.78, 5) is 34.4. The molecule has 0 saturated carbocycles. The highest BCUT2D eigenvalue weighted by Crippen LogP contribution is 2.15. The highest BCUT2D eigenvalue weighted by molar-refractivity contribution is 6.01. The number of carbonyl (C=O) groups excluding carboxylic acids is 3. The summed E-state index contributed by atoms with van der Waals surface area (Å²) in [6.07, 6.45) is 0.349. The van der Waals surface area contributed by atoms with Gasteiger partial charge >= 0.3 is 6.09 Å². The monoisotopic (exact) mass is 333 g/mol. The second kappa shape index (κ2) is 7.33. The van der Waals surface area contributed by atoms with Gasteiger partial charge in [-0.1, -0.05) is 12.1 Å². The number of imide groups is 1. The van der Waals surface area contributed by atoms with E-state index in [1.165, 1.54) is 0 Å². The first-order valence-electron chi connectivity index (χ1n) is 7.89. The summed E-state index contributed by atoms with van der Waals surface area (Å²) in [5, 5.41) is 8.09. The smallest absolute Gasteiger partial charge is 0.407 e. The number of amides is 3. The van der Waals surface area contributed by atoms with Gasteiger partial charge in [0.2, 0.25) is 11.8 Å². The number of nitrogens with one attached hydrogen (secondary N) is 3. The normalized spacial score (nSPS) is 17.9. The summed E-state index contributed by atoms with van der Waals surface area (Å²) in [6.45, 7) is 5.78. The molecule has 2 rings (SSSR count). The number of benzene rings is 1. The first-order valence-corrected chi connectivity index (χ1v) is 7.89. The van der Waals surface area contributed by atoms with Crippen molar-refractivity contribution in [3.63, 3.8) is 0 Å². The maximum Gasteiger partial charge on any atom is 0.407 e. The molecule has 3 amide bonds. The number of hydrogen-bond donors (Lipinski definition) is 3. The molecule has 0 aliphatic carbocycles. The summed E-state index contributed by atoms with van der Waals surface area (Å²) in [5.74, 6) is -0.538. The Balaban J connectivity index is 1.83. The van der Waals surface area contributed by atoms with Crippen LogP contribution in [0.4, 0.5) is 10.5 Å². The zero-order valence-electron chi connectivity index (χ0n) is 14.1. The van der Waals surface area contributed by atoms with Crippen molar-refractivity contribution in [1.29, 1.82) is 0 Å². The van der Waals surface area contributed by atoms with Crippen LogP contribution in [0.2, 0.25) is 0 Å². The predicted octanol–water partition coefficient (Wildman–Crippen LogP) is 1.93. The zero-order chi connectivity index (χ0) is 17.7. The molecule has 0 aromatic heterocycles. The Morgan fingerprint density at radius 2 is 1.92 bits per heavy atom. The maximum atomic E-state index is 11.7. The van der Waals surface area contributed by atoms with Crippen molar-refractivity contribution >= 4 is 23.6 Å². The molecule has 1 fully saturated rings. The third kappa shape index (κ3) is 5.57. The van der Waals surface area contributed by atoms with Gasteiger partial charge in [0.1, 0.15) is 11.6 Å². The lowest BCUT2D eigenvalue weighted by Crippen LogP contribution is -2.47. The molecule has 130 valence electrons. The fraction of sp³-hybridized carbons (Fsp3) is 0.471. The van der Waals surface area contributed by atoms with Gasteiger partial charge in [0.05, 0.1) is 0 Å². The number of anilines is 1. The summed E-state index contributed by atoms with van der Waals surface area (Å²) < 4.78 is 5.17. The van der Waals surface area contributed by atoms with Gasteiger partial charge in [-0.05, 0) is 44.9 Å². The van der Waals surface area contributed by atoms with Crippen LogP contribution in [0.3, 0.4) is 0 Å². The second-order valence-electron chi connectivity index (χ2n) is 6.70. The molecule has 0 spiro atoms. The lowest BCUT2D eigenvalue weighted by molar-refractivity contribution is -0.133. The SMILES string of the molecule is CC(C)(C)OC(=O)NCc1ccc(NC2CCC(=O)NC2=O)cc1. The van der Waals surface area contributed by atoms with Crippen molar-refractivity contribution in [1.82, 2.24) is 10.6 Å². The Morgan fingerprint density at radius 1 is 1.25 bits per heavy atom. The predicted molar refractivity (Wildman–Crippen MR) is 89.3 cm³/mol. The minimum Gasteiger partial charge on any atom is -0.444 e. The number of ether oxygens (including phenoxy) is 1. The summed E-state index contributed by atoms with van der Waals surface area (Å²) in [6, 6.07) is 6.96. The standard InChI is InChI=1S/C17H23N3O4/c1-17(2,3)24-16(23)18-10-11-4-6-12(7-5-11)19-13-8-9-14(21)20-15(13)22/h4-7,13,19H,8-10H2,1-3H3,(H,18,23)(H,20,21,22). The average molecular weight is 333 g/mol. The largest absolute Gasteiger partial charge is 0.444 e. The number of rotatable bonds is 4. The third-order valence-corrected chi connectivity index (χ3v) is 3.37. The zero-order valence-corrected chi connectivity index (χ0v) is 14.1. The molecule has 1 aliphatic rings. The summed E-state index contributed by atoms with van der Waals surface area (Å²) in [7, 11) is 0. The minimum atomic E-state index is -0.528. The lowest BCUT2D eigenvalue weighted by atomic mass is 10.1. The first-order chi connectivity index (χ1) is 11.2. The van der Waals surface area contributed by atoms with Gasteiger partial charge < -0.3 is 15.4 Å². The Kier molecular flexibility index (Phi) is 5.43. The molecule has 1 saturated heterocycles. The molecule has 1 heterocycles. The maximum absolute atomic E-state index is 11.7. The number of alkyl carbamates (subject to hydrolysis) is 1. The van der Waals surface area contributed by atoms with E-state index in [0.717, 1.165) is 11.3 Å². The Morgan fingerprint density at radius 3 is 2.50 bits per heavy atom. The molecule has 1 aromatic rings. The highest BCUT2D eigenvalue weighted by Gasteiger charge is 2.26. The molecule has 3 N–H and O–H groups in total. The van der Waals surface area contributed by atoms with Crippen molar-refractivity contribution in [2.75, 3.05) is 5.32 Å². The molecule has 1 aliphatic heterocycles. The molecule has 0 bridgehead atoms. The van der Waals surface area contributed by atoms with E-state index >= 15 is 0 Å². The van der Waals surface area contributed by atoms with Gasteiger partial charge in [0.15, 0.2) is 0 Å². The molecule has 0 radical (unpaired) electrons. The van der Waals surface area contributed by atoms with Gasteiger partial charge in [-0.2, -0.15) is 0 Å². The molecule has 1 atom stereocenters. The molecule has 24 heavy (non-hydrogen) atoms. The van der Waals surface area contributed by atoms with E-state index in [-0.39, 0.29) is 11.8 Å². The Labute approximate surface area is 141 Å². The van der Waals surface area contributed by atoms with Crippen molar-refractivity contribution in [2.45, 2.75) is 51.8 Å². The fourth-order valence-corrected chi connectivity index (χ4v) is 2.24. The van der Waals surface area contributed by atoms with Gasteiger partial charge in [-0.3, -0.25) is 14.9 Å². The summed E-state index contributed by atoms with van der Waals surface area (Å²) in [5.41, 5.74) is 1.17. The van der Waals surface area contributed by atoms with Crippen LogP contribution < -0.4 is 16.0 Å². The van der Waals surface area contributed by atoms with Crippen LogP contribution in [0.5, 0.6) is 0 Å². The number of piperidine rings is 1. The minimum absolute atomic E-state index is 0.235. The van der Waals surface area contributed by atoms with Crippen LogP contribution in [0, 0.1) is 0 Å². The lowest BCUT2D eigenvalue weighted by Gasteiger charge is -2.23. The molecule has 1 unspecified atom stereocenters. The number of hydrogen-bond acceptors (Lipinski definition) is 5. The Hall–Kier alpha value is -2.57. The fourth-order valence-electron chi connectivity index (χ4n) is 2.24. The third-order valence-electron chi connectivity index (χ3n) is 3.37. The van der Waals surface area contributed by atoms with E-state index in [1.54, 1.807) is 0 Å². The van der Waals surface area contributed by atoms with E-state index in [2.05, 4.69) is 16.0 Å². The number of carbonyl (C=O) groups is 3. The van der Waals surface area contributed by atoms with Gasteiger partial charge in [0, 0.05) is 18.7 Å². The van der Waals surface area contributed by atoms with E-state index in [9.17, 15) is 14.4 Å². The van der Waals surface area contributed by atoms with Gasteiger partial charge in [0.25, 0.3) is 0 Å². The molecule has 7 heteroatoms. The topological polar surface area (TPSA) is 96.5 Å². The first kappa shape index (κ1) is 17.8. The second-order valence-corrected chi connectivity index (χ2v) is 6.70. The van der Waals surface area contributed by atoms with Crippen LogP contribution in [0.1, 0.15) is 39.2 Å². The van der Waals surface area contributed by atoms with E-state index in [4.69, 9.17) is 4.74 Å². The van der Waals surface area contributed by atoms with Crippen molar-refractivity contribution in [3.05, 3.63) is 29.8 Å². The molecular weight excluding hydrogens is 310 g/mol. The molecular formula is C17H23N3O4. The van der Waals surface area contributed by atoms with Gasteiger partial charge in [-0.15, -0.1) is 0 Å². The van der Waals surface area contributed by atoms with Gasteiger partial charge in [-0.25, -0.2) is 4.79 Å². The highest BCUT2D eigenvalue weighted by atomic mass is 16.6. The van der Waals surface area contributed by atoms with Crippen LogP contribution in [0.15, 0.2) is 24.3 Å². The Bertz CT molecular complexity index is 620. The van der Waals surface area contributed by atoms with Crippen molar-refractivity contribution in [2.24, 2.45) is 0 Å². The van der Waals surface area contributed by atoms with Crippen molar-refractivity contribution < 1.29 is 19.1 Å². The van der Waals surface area contributed by atoms with Crippen LogP contribution in [-0.4, -0.2) is 29.6 Å². The van der Waals surface area contributed by atoms with Crippen LogP contribution in [0.25, 0.3) is 0 Å². The van der Waals surface area contributed by atoms with E-state index < -0.39 is 17.7 Å². The van der Waals surface area contributed by atoms with E-state index in [1.807, 2.05) is 45.0 Å². The van der Waals surface area contributed by atoms with Crippen LogP contribution in [-0.2, 0) is 20.9 Å². The van der Waals surface area contributed by atoms with Crippen LogP contribution >= 0.6 is 0 Å².